The van der Waals surface area contributed by atoms with Crippen molar-refractivity contribution in [2.45, 2.75) is 12.8 Å². The van der Waals surface area contributed by atoms with E-state index in [2.05, 4.69) is 0 Å². The fourth-order valence-corrected chi connectivity index (χ4v) is 2.01. The van der Waals surface area contributed by atoms with Crippen LogP contribution in [0.25, 0.3) is 0 Å². The summed E-state index contributed by atoms with van der Waals surface area (Å²) in [7, 11) is 3.72. The number of nitrogens with zero attached hydrogens (tertiary/aromatic N) is 2. The molecule has 0 bridgehead atoms. The van der Waals surface area contributed by atoms with Crippen LogP contribution < -0.4 is 10.6 Å². The van der Waals surface area contributed by atoms with Crippen LogP contribution in [0.15, 0.2) is 24.3 Å². The first-order chi connectivity index (χ1) is 10.1. The predicted molar refractivity (Wildman–Crippen MR) is 85.3 cm³/mol. The summed E-state index contributed by atoms with van der Waals surface area (Å²) in [6.45, 7) is 2.71. The summed E-state index contributed by atoms with van der Waals surface area (Å²) in [4.78, 5) is 15.8. The van der Waals surface area contributed by atoms with Crippen molar-refractivity contribution in [3.63, 3.8) is 0 Å². The van der Waals surface area contributed by atoms with Crippen LogP contribution in [-0.2, 0) is 9.53 Å². The minimum absolute atomic E-state index is 0.0597. The topological polar surface area (TPSA) is 58.8 Å². The lowest BCUT2D eigenvalue weighted by Gasteiger charge is -2.22. The smallest absolute Gasteiger partial charge is 0.240 e. The van der Waals surface area contributed by atoms with Crippen molar-refractivity contribution < 1.29 is 9.53 Å². The molecular weight excluding hydrogens is 266 g/mol. The van der Waals surface area contributed by atoms with Gasteiger partial charge in [0.1, 0.15) is 0 Å². The minimum atomic E-state index is 0.0597. The van der Waals surface area contributed by atoms with E-state index in [1.807, 2.05) is 24.1 Å². The molecule has 1 amide bonds. The number of hydrogen-bond donors (Lipinski definition) is 1. The molecule has 1 saturated carbocycles. The normalized spacial score (nSPS) is 14.4. The summed E-state index contributed by atoms with van der Waals surface area (Å²) in [5.41, 5.74) is 7.20. The highest BCUT2D eigenvalue weighted by molar-refractivity contribution is 5.94. The lowest BCUT2D eigenvalue weighted by molar-refractivity contribution is -0.119. The number of nitrogens with two attached hydrogens (primary N) is 1. The fourth-order valence-electron chi connectivity index (χ4n) is 2.01. The Labute approximate surface area is 126 Å². The van der Waals surface area contributed by atoms with Crippen molar-refractivity contribution in [1.29, 1.82) is 0 Å². The van der Waals surface area contributed by atoms with Gasteiger partial charge >= 0.3 is 0 Å². The number of likely N-dealkylation sites (N-methyl/N-ethyl adjacent to an activating group) is 2. The highest BCUT2D eigenvalue weighted by atomic mass is 16.5. The number of anilines is 2. The first-order valence-corrected chi connectivity index (χ1v) is 7.44. The van der Waals surface area contributed by atoms with E-state index in [1.54, 1.807) is 24.1 Å². The van der Waals surface area contributed by atoms with Crippen LogP contribution in [0.4, 0.5) is 11.4 Å². The lowest BCUT2D eigenvalue weighted by Crippen LogP contribution is -2.38. The Kier molecular flexibility index (Phi) is 5.59. The van der Waals surface area contributed by atoms with Gasteiger partial charge in [-0.2, -0.15) is 0 Å². The zero-order valence-corrected chi connectivity index (χ0v) is 12.9. The number of hydrogen-bond acceptors (Lipinski definition) is 4. The minimum Gasteiger partial charge on any atom is -0.399 e. The average molecular weight is 291 g/mol. The lowest BCUT2D eigenvalue weighted by atomic mass is 10.2. The molecular formula is C16H25N3O2. The largest absolute Gasteiger partial charge is 0.399 e. The Hall–Kier alpha value is -1.59. The van der Waals surface area contributed by atoms with E-state index in [4.69, 9.17) is 10.5 Å². The van der Waals surface area contributed by atoms with Gasteiger partial charge in [0.05, 0.1) is 13.2 Å². The molecule has 21 heavy (non-hydrogen) atoms. The summed E-state index contributed by atoms with van der Waals surface area (Å²) in [6, 6.07) is 7.31. The molecule has 2 rings (SSSR count). The van der Waals surface area contributed by atoms with Gasteiger partial charge in [0, 0.05) is 31.6 Å². The number of carbonyl (C=O) groups is 1. The Morgan fingerprint density at radius 1 is 1.29 bits per heavy atom. The quantitative estimate of drug-likeness (QED) is 0.584. The fraction of sp³-hybridized carbons (Fsp3) is 0.562. The molecule has 5 heteroatoms. The van der Waals surface area contributed by atoms with Crippen LogP contribution in [0.3, 0.4) is 0 Å². The first-order valence-electron chi connectivity index (χ1n) is 7.44. The van der Waals surface area contributed by atoms with Crippen LogP contribution in [0.5, 0.6) is 0 Å². The van der Waals surface area contributed by atoms with Crippen LogP contribution in [0, 0.1) is 5.92 Å². The third-order valence-electron chi connectivity index (χ3n) is 3.73. The Bertz CT molecular complexity index is 457. The maximum absolute atomic E-state index is 12.2. The molecule has 1 aliphatic carbocycles. The Morgan fingerprint density at radius 3 is 2.57 bits per heavy atom. The summed E-state index contributed by atoms with van der Waals surface area (Å²) < 4.78 is 5.59. The summed E-state index contributed by atoms with van der Waals surface area (Å²) in [5.74, 6) is 0.845. The maximum Gasteiger partial charge on any atom is 0.240 e. The Balaban J connectivity index is 1.70. The molecule has 0 atom stereocenters. The van der Waals surface area contributed by atoms with E-state index in [-0.39, 0.29) is 5.91 Å². The molecule has 0 aromatic heterocycles. The molecule has 0 aliphatic heterocycles. The van der Waals surface area contributed by atoms with Crippen LogP contribution in [-0.4, -0.2) is 51.2 Å². The van der Waals surface area contributed by atoms with Gasteiger partial charge in [-0.05, 0) is 50.1 Å². The highest BCUT2D eigenvalue weighted by Crippen LogP contribution is 2.28. The maximum atomic E-state index is 12.2. The van der Waals surface area contributed by atoms with Crippen molar-refractivity contribution >= 4 is 17.3 Å². The molecule has 2 N–H and O–H groups in total. The van der Waals surface area contributed by atoms with Gasteiger partial charge in [-0.25, -0.2) is 0 Å². The van der Waals surface area contributed by atoms with Crippen LogP contribution in [0.1, 0.15) is 12.8 Å². The van der Waals surface area contributed by atoms with E-state index >= 15 is 0 Å². The highest BCUT2D eigenvalue weighted by Gasteiger charge is 2.21. The third kappa shape index (κ3) is 5.36. The van der Waals surface area contributed by atoms with E-state index in [1.165, 1.54) is 12.8 Å². The van der Waals surface area contributed by atoms with E-state index in [0.29, 0.717) is 18.8 Å². The van der Waals surface area contributed by atoms with Gasteiger partial charge in [-0.1, -0.05) is 0 Å². The van der Waals surface area contributed by atoms with E-state index in [0.717, 1.165) is 24.8 Å². The number of carbonyl (C=O) groups excluding carboxylic acids is 1. The van der Waals surface area contributed by atoms with E-state index in [9.17, 15) is 4.79 Å². The van der Waals surface area contributed by atoms with Crippen molar-refractivity contribution in [1.82, 2.24) is 4.90 Å². The molecule has 0 saturated heterocycles. The van der Waals surface area contributed by atoms with Crippen LogP contribution in [0.2, 0.25) is 0 Å². The molecule has 0 heterocycles. The van der Waals surface area contributed by atoms with Gasteiger partial charge in [-0.15, -0.1) is 0 Å². The second-order valence-electron chi connectivity index (χ2n) is 5.80. The van der Waals surface area contributed by atoms with Crippen LogP contribution >= 0.6 is 0 Å². The Morgan fingerprint density at radius 2 is 1.95 bits per heavy atom. The summed E-state index contributed by atoms with van der Waals surface area (Å²) in [6.07, 6.45) is 2.61. The molecule has 1 aromatic carbocycles. The number of rotatable bonds is 8. The summed E-state index contributed by atoms with van der Waals surface area (Å²) >= 11 is 0. The number of benzene rings is 1. The monoisotopic (exact) mass is 291 g/mol. The summed E-state index contributed by atoms with van der Waals surface area (Å²) in [5, 5.41) is 0. The van der Waals surface area contributed by atoms with Crippen molar-refractivity contribution in [2.75, 3.05) is 51.0 Å². The number of ether oxygens (including phenoxy) is 1. The molecule has 0 unspecified atom stereocenters. The zero-order chi connectivity index (χ0) is 15.2. The molecule has 5 nitrogen and oxygen atoms in total. The van der Waals surface area contributed by atoms with Crippen molar-refractivity contribution in [2.24, 2.45) is 5.92 Å². The molecule has 1 aliphatic rings. The van der Waals surface area contributed by atoms with Crippen molar-refractivity contribution in [3.8, 4) is 0 Å². The molecule has 1 aromatic rings. The van der Waals surface area contributed by atoms with Crippen molar-refractivity contribution in [3.05, 3.63) is 24.3 Å². The molecule has 0 radical (unpaired) electrons. The number of amides is 1. The average Bonchev–Trinajstić information content (AvgIpc) is 3.28. The standard InChI is InChI=1S/C16H25N3O2/c1-18(9-10-21-12-13-3-4-13)11-16(20)19(2)15-7-5-14(17)6-8-15/h5-8,13H,3-4,9-12,17H2,1-2H3. The van der Waals surface area contributed by atoms with Gasteiger partial charge in [-0.3, -0.25) is 9.69 Å². The molecule has 0 spiro atoms. The van der Waals surface area contributed by atoms with Gasteiger partial charge < -0.3 is 15.4 Å². The zero-order valence-electron chi connectivity index (χ0n) is 12.9. The second kappa shape index (κ2) is 7.43. The van der Waals surface area contributed by atoms with Gasteiger partial charge in [0.15, 0.2) is 0 Å². The van der Waals surface area contributed by atoms with Gasteiger partial charge in [0.2, 0.25) is 5.91 Å². The molecule has 116 valence electrons. The predicted octanol–water partition coefficient (Wildman–Crippen LogP) is 1.59. The van der Waals surface area contributed by atoms with E-state index < -0.39 is 0 Å². The first kappa shape index (κ1) is 15.8. The SMILES string of the molecule is CN(CCOCC1CC1)CC(=O)N(C)c1ccc(N)cc1. The second-order valence-corrected chi connectivity index (χ2v) is 5.80. The van der Waals surface area contributed by atoms with Gasteiger partial charge in [0.25, 0.3) is 0 Å². The third-order valence-corrected chi connectivity index (χ3v) is 3.73. The molecule has 1 fully saturated rings. The number of nitrogen functional groups attached to an aromatic ring is 1.